The first-order valence-electron chi connectivity index (χ1n) is 7.08. The molecule has 2 rings (SSSR count). The quantitative estimate of drug-likeness (QED) is 0.816. The third-order valence-corrected chi connectivity index (χ3v) is 4.02. The van der Waals surface area contributed by atoms with Gasteiger partial charge >= 0.3 is 0 Å². The first kappa shape index (κ1) is 14.3. The van der Waals surface area contributed by atoms with Crippen LogP contribution in [0.4, 0.5) is 5.69 Å². The van der Waals surface area contributed by atoms with Crippen molar-refractivity contribution in [3.05, 3.63) is 29.3 Å². The standard InChI is InChI=1S/C15H23N3S/c1-4-5-8-17-10-16-15(19)18(11-17)14-9-12(2)6-7-13(14)3/h6-7,9H,4-5,8,10-11H2,1-3H3,(H,16,19)/p+1. The maximum absolute atomic E-state index is 5.48. The molecule has 1 aliphatic rings. The number of nitrogens with one attached hydrogen (secondary N) is 2. The molecule has 1 unspecified atom stereocenters. The highest BCUT2D eigenvalue weighted by Gasteiger charge is 2.25. The van der Waals surface area contributed by atoms with Crippen molar-refractivity contribution in [2.24, 2.45) is 0 Å². The van der Waals surface area contributed by atoms with Crippen molar-refractivity contribution in [1.29, 1.82) is 0 Å². The summed E-state index contributed by atoms with van der Waals surface area (Å²) in [6.07, 6.45) is 2.52. The van der Waals surface area contributed by atoms with Gasteiger partial charge in [0.05, 0.1) is 12.2 Å². The van der Waals surface area contributed by atoms with Crippen molar-refractivity contribution < 1.29 is 4.90 Å². The van der Waals surface area contributed by atoms with Gasteiger partial charge in [0, 0.05) is 0 Å². The Hall–Kier alpha value is -1.13. The van der Waals surface area contributed by atoms with E-state index >= 15 is 0 Å². The number of benzene rings is 1. The zero-order valence-electron chi connectivity index (χ0n) is 12.1. The van der Waals surface area contributed by atoms with Crippen molar-refractivity contribution in [2.75, 3.05) is 24.8 Å². The Kier molecular flexibility index (Phi) is 4.77. The second-order valence-electron chi connectivity index (χ2n) is 5.39. The minimum Gasteiger partial charge on any atom is -0.315 e. The zero-order valence-corrected chi connectivity index (χ0v) is 12.9. The smallest absolute Gasteiger partial charge is 0.182 e. The molecule has 0 bridgehead atoms. The zero-order chi connectivity index (χ0) is 13.8. The van der Waals surface area contributed by atoms with Gasteiger partial charge in [0.25, 0.3) is 0 Å². The molecule has 1 fully saturated rings. The fourth-order valence-electron chi connectivity index (χ4n) is 2.45. The van der Waals surface area contributed by atoms with Crippen molar-refractivity contribution in [1.82, 2.24) is 5.32 Å². The highest BCUT2D eigenvalue weighted by Crippen LogP contribution is 2.21. The molecule has 1 saturated heterocycles. The lowest BCUT2D eigenvalue weighted by Crippen LogP contribution is -3.17. The Morgan fingerprint density at radius 1 is 1.37 bits per heavy atom. The van der Waals surface area contributed by atoms with Crippen LogP contribution in [0.3, 0.4) is 0 Å². The van der Waals surface area contributed by atoms with Gasteiger partial charge in [-0.05, 0) is 49.7 Å². The molecule has 0 saturated carbocycles. The highest BCUT2D eigenvalue weighted by molar-refractivity contribution is 7.80. The van der Waals surface area contributed by atoms with Crippen LogP contribution in [0.25, 0.3) is 0 Å². The molecule has 1 atom stereocenters. The summed E-state index contributed by atoms with van der Waals surface area (Å²) in [5, 5.41) is 4.21. The summed E-state index contributed by atoms with van der Waals surface area (Å²) in [5.74, 6) is 0. The molecule has 19 heavy (non-hydrogen) atoms. The van der Waals surface area contributed by atoms with Crippen LogP contribution in [0.15, 0.2) is 18.2 Å². The normalized spacial score (nSPS) is 19.4. The molecule has 3 nitrogen and oxygen atoms in total. The minimum atomic E-state index is 0.856. The number of nitrogens with zero attached hydrogens (tertiary/aromatic N) is 1. The lowest BCUT2D eigenvalue weighted by Gasteiger charge is -2.36. The molecule has 1 aromatic rings. The van der Waals surface area contributed by atoms with E-state index in [-0.39, 0.29) is 0 Å². The van der Waals surface area contributed by atoms with Crippen LogP contribution in [-0.2, 0) is 0 Å². The van der Waals surface area contributed by atoms with Gasteiger partial charge in [-0.3, -0.25) is 4.90 Å². The topological polar surface area (TPSA) is 19.7 Å². The van der Waals surface area contributed by atoms with E-state index < -0.39 is 0 Å². The van der Waals surface area contributed by atoms with Gasteiger partial charge in [-0.2, -0.15) is 0 Å². The number of aryl methyl sites for hydroxylation is 2. The summed E-state index contributed by atoms with van der Waals surface area (Å²) < 4.78 is 0. The van der Waals surface area contributed by atoms with E-state index in [4.69, 9.17) is 12.2 Å². The van der Waals surface area contributed by atoms with Crippen LogP contribution in [-0.4, -0.2) is 25.0 Å². The predicted molar refractivity (Wildman–Crippen MR) is 84.6 cm³/mol. The number of hydrogen-bond acceptors (Lipinski definition) is 1. The number of unbranched alkanes of at least 4 members (excludes halogenated alkanes) is 1. The fourth-order valence-corrected chi connectivity index (χ4v) is 2.68. The van der Waals surface area contributed by atoms with Gasteiger partial charge in [-0.15, -0.1) is 0 Å². The summed E-state index contributed by atoms with van der Waals surface area (Å²) in [4.78, 5) is 3.79. The minimum absolute atomic E-state index is 0.856. The van der Waals surface area contributed by atoms with E-state index in [9.17, 15) is 0 Å². The van der Waals surface area contributed by atoms with Crippen LogP contribution in [0.5, 0.6) is 0 Å². The predicted octanol–water partition coefficient (Wildman–Crippen LogP) is 1.60. The second kappa shape index (κ2) is 6.35. The maximum atomic E-state index is 5.48. The van der Waals surface area contributed by atoms with Crippen molar-refractivity contribution in [3.8, 4) is 0 Å². The third kappa shape index (κ3) is 3.45. The number of thiocarbonyl (C=S) groups is 1. The summed E-state index contributed by atoms with van der Waals surface area (Å²) in [6.45, 7) is 9.64. The van der Waals surface area contributed by atoms with Crippen molar-refractivity contribution in [2.45, 2.75) is 33.6 Å². The van der Waals surface area contributed by atoms with Crippen molar-refractivity contribution in [3.63, 3.8) is 0 Å². The Morgan fingerprint density at radius 2 is 2.16 bits per heavy atom. The first-order valence-corrected chi connectivity index (χ1v) is 7.49. The molecule has 0 amide bonds. The van der Waals surface area contributed by atoms with Gasteiger partial charge in [0.1, 0.15) is 0 Å². The summed E-state index contributed by atoms with van der Waals surface area (Å²) in [6, 6.07) is 6.56. The number of hydrogen-bond donors (Lipinski definition) is 2. The molecule has 2 N–H and O–H groups in total. The molecule has 0 spiro atoms. The van der Waals surface area contributed by atoms with E-state index in [0.717, 1.165) is 18.4 Å². The molecule has 104 valence electrons. The molecule has 1 heterocycles. The van der Waals surface area contributed by atoms with Gasteiger partial charge in [-0.25, -0.2) is 0 Å². The van der Waals surface area contributed by atoms with Crippen LogP contribution in [0.1, 0.15) is 30.9 Å². The lowest BCUT2D eigenvalue weighted by atomic mass is 10.1. The monoisotopic (exact) mass is 278 g/mol. The fraction of sp³-hybridized carbons (Fsp3) is 0.533. The van der Waals surface area contributed by atoms with Gasteiger partial charge < -0.3 is 10.2 Å². The van der Waals surface area contributed by atoms with Gasteiger partial charge in [-0.1, -0.05) is 25.5 Å². The molecule has 1 aromatic carbocycles. The second-order valence-corrected chi connectivity index (χ2v) is 5.78. The molecular formula is C15H24N3S+. The molecule has 0 aliphatic carbocycles. The third-order valence-electron chi connectivity index (χ3n) is 3.66. The number of rotatable bonds is 4. The van der Waals surface area contributed by atoms with Gasteiger partial charge in [0.2, 0.25) is 0 Å². The van der Waals surface area contributed by atoms with Crippen LogP contribution in [0.2, 0.25) is 0 Å². The van der Waals surface area contributed by atoms with Crippen molar-refractivity contribution >= 4 is 23.0 Å². The number of quaternary nitrogens is 1. The molecule has 4 heteroatoms. The van der Waals surface area contributed by atoms with E-state index in [0.29, 0.717) is 0 Å². The Balaban J connectivity index is 2.16. The Morgan fingerprint density at radius 3 is 2.89 bits per heavy atom. The van der Waals surface area contributed by atoms with E-state index in [1.54, 1.807) is 4.90 Å². The van der Waals surface area contributed by atoms with Crippen LogP contribution in [0, 0.1) is 13.8 Å². The first-order chi connectivity index (χ1) is 9.11. The maximum Gasteiger partial charge on any atom is 0.182 e. The summed E-state index contributed by atoms with van der Waals surface area (Å²) in [5.41, 5.74) is 3.81. The Bertz CT molecular complexity index is 459. The average Bonchev–Trinajstić information content (AvgIpc) is 2.41. The van der Waals surface area contributed by atoms with E-state index in [1.165, 1.54) is 36.2 Å². The van der Waals surface area contributed by atoms with Crippen LogP contribution >= 0.6 is 12.2 Å². The van der Waals surface area contributed by atoms with Crippen LogP contribution < -0.4 is 15.1 Å². The highest BCUT2D eigenvalue weighted by atomic mass is 32.1. The molecule has 1 aliphatic heterocycles. The average molecular weight is 278 g/mol. The van der Waals surface area contributed by atoms with E-state index in [1.807, 2.05) is 0 Å². The summed E-state index contributed by atoms with van der Waals surface area (Å²) in [7, 11) is 0. The SMILES string of the molecule is CCCC[NH+]1CNC(=S)N(c2cc(C)ccc2C)C1. The largest absolute Gasteiger partial charge is 0.315 e. The number of anilines is 1. The molecule has 0 radical (unpaired) electrons. The molecular weight excluding hydrogens is 254 g/mol. The Labute approximate surface area is 121 Å². The van der Waals surface area contributed by atoms with E-state index in [2.05, 4.69) is 49.2 Å². The van der Waals surface area contributed by atoms with Gasteiger partial charge in [0.15, 0.2) is 18.4 Å². The lowest BCUT2D eigenvalue weighted by molar-refractivity contribution is -0.903. The summed E-state index contributed by atoms with van der Waals surface area (Å²) >= 11 is 5.48. The molecule has 0 aromatic heterocycles.